The van der Waals surface area contributed by atoms with Crippen molar-refractivity contribution in [3.8, 4) is 0 Å². The second kappa shape index (κ2) is 17.4. The zero-order valence-electron chi connectivity index (χ0n) is 30.3. The highest BCUT2D eigenvalue weighted by molar-refractivity contribution is 5.67. The van der Waals surface area contributed by atoms with E-state index in [2.05, 4.69) is 40.7 Å². The van der Waals surface area contributed by atoms with Crippen molar-refractivity contribution < 1.29 is 9.53 Å². The van der Waals surface area contributed by atoms with E-state index in [9.17, 15) is 4.79 Å². The molecule has 3 fully saturated rings. The van der Waals surface area contributed by atoms with Gasteiger partial charge in [-0.3, -0.25) is 0 Å². The number of hydrogen-bond donors (Lipinski definition) is 2. The van der Waals surface area contributed by atoms with Gasteiger partial charge in [0.2, 0.25) is 0 Å². The monoisotopic (exact) mass is 628 g/mol. The molecular weight excluding hydrogens is 554 g/mol. The van der Waals surface area contributed by atoms with Gasteiger partial charge in [0.25, 0.3) is 0 Å². The van der Waals surface area contributed by atoms with E-state index in [4.69, 9.17) is 16.2 Å². The van der Waals surface area contributed by atoms with E-state index in [1.807, 2.05) is 4.90 Å². The Kier molecular flexibility index (Phi) is 14.2. The maximum atomic E-state index is 13.5. The van der Waals surface area contributed by atoms with Crippen LogP contribution in [0, 0.1) is 46.3 Å². The fourth-order valence-electron chi connectivity index (χ4n) is 10.9. The van der Waals surface area contributed by atoms with Gasteiger partial charge in [-0.25, -0.2) is 4.79 Å². The third kappa shape index (κ3) is 9.09. The van der Waals surface area contributed by atoms with Crippen molar-refractivity contribution in [2.24, 2.45) is 57.8 Å². The second-order valence-electron chi connectivity index (χ2n) is 16.9. The zero-order chi connectivity index (χ0) is 32.5. The number of unbranched alkanes of at least 4 members (excludes halogenated alkanes) is 6. The molecule has 0 aromatic heterocycles. The normalized spacial score (nSPS) is 33.2. The molecule has 8 atom stereocenters. The molecule has 0 saturated heterocycles. The van der Waals surface area contributed by atoms with Gasteiger partial charge in [0, 0.05) is 19.5 Å². The lowest BCUT2D eigenvalue weighted by molar-refractivity contribution is -0.0593. The van der Waals surface area contributed by atoms with Gasteiger partial charge >= 0.3 is 6.09 Å². The van der Waals surface area contributed by atoms with Crippen molar-refractivity contribution in [3.05, 3.63) is 11.6 Å². The molecule has 0 heterocycles. The summed E-state index contributed by atoms with van der Waals surface area (Å²) in [7, 11) is 0. The average molecular weight is 628 g/mol. The van der Waals surface area contributed by atoms with Crippen molar-refractivity contribution in [2.45, 2.75) is 163 Å². The number of nitrogens with two attached hydrogens (primary N) is 2. The summed E-state index contributed by atoms with van der Waals surface area (Å²) in [4.78, 5) is 15.5. The summed E-state index contributed by atoms with van der Waals surface area (Å²) in [5.74, 6) is 5.14. The number of amides is 1. The van der Waals surface area contributed by atoms with Crippen LogP contribution in [0.4, 0.5) is 4.79 Å². The van der Waals surface area contributed by atoms with Gasteiger partial charge in [-0.05, 0) is 130 Å². The predicted octanol–water partition coefficient (Wildman–Crippen LogP) is 9.87. The molecule has 3 saturated carbocycles. The van der Waals surface area contributed by atoms with Gasteiger partial charge in [-0.15, -0.1) is 0 Å². The van der Waals surface area contributed by atoms with Gasteiger partial charge in [-0.2, -0.15) is 0 Å². The minimum absolute atomic E-state index is 0.0294. The SMILES string of the molecule is CC(C)CCCC(C)C1CCC2C3CC=C4CC(OC(=O)N(CCCCCCN)CCCCCCN)CCC4(C)C3CCC12C. The molecule has 260 valence electrons. The lowest BCUT2D eigenvalue weighted by Crippen LogP contribution is -2.51. The number of allylic oxidation sites excluding steroid dienone is 1. The minimum Gasteiger partial charge on any atom is -0.446 e. The van der Waals surface area contributed by atoms with Gasteiger partial charge in [0.05, 0.1) is 0 Å². The summed E-state index contributed by atoms with van der Waals surface area (Å²) in [6, 6.07) is 0. The Labute approximate surface area is 278 Å². The lowest BCUT2D eigenvalue weighted by Gasteiger charge is -2.58. The predicted molar refractivity (Wildman–Crippen MR) is 190 cm³/mol. The molecule has 5 nitrogen and oxygen atoms in total. The second-order valence-corrected chi connectivity index (χ2v) is 16.9. The molecule has 0 aliphatic heterocycles. The molecule has 0 aromatic carbocycles. The summed E-state index contributed by atoms with van der Waals surface area (Å²) in [5, 5.41) is 0. The average Bonchev–Trinajstić information content (AvgIpc) is 3.37. The number of ether oxygens (including phenoxy) is 1. The van der Waals surface area contributed by atoms with Crippen LogP contribution in [-0.4, -0.2) is 43.3 Å². The van der Waals surface area contributed by atoms with Crippen LogP contribution in [0.15, 0.2) is 11.6 Å². The van der Waals surface area contributed by atoms with Crippen molar-refractivity contribution in [3.63, 3.8) is 0 Å². The number of carbonyl (C=O) groups excluding carboxylic acids is 1. The number of rotatable bonds is 18. The maximum absolute atomic E-state index is 13.5. The molecule has 4 rings (SSSR count). The summed E-state index contributed by atoms with van der Waals surface area (Å²) in [6.45, 7) is 15.7. The Hall–Kier alpha value is -1.07. The largest absolute Gasteiger partial charge is 0.446 e. The molecule has 0 bridgehead atoms. The van der Waals surface area contributed by atoms with E-state index < -0.39 is 0 Å². The molecular formula is C40H73N3O2. The Morgan fingerprint density at radius 1 is 0.844 bits per heavy atom. The number of hydrogen-bond acceptors (Lipinski definition) is 4. The van der Waals surface area contributed by atoms with Gasteiger partial charge in [0.15, 0.2) is 0 Å². The number of carbonyl (C=O) groups is 1. The molecule has 45 heavy (non-hydrogen) atoms. The fourth-order valence-corrected chi connectivity index (χ4v) is 10.9. The Bertz CT molecular complexity index is 921. The van der Waals surface area contributed by atoms with E-state index in [-0.39, 0.29) is 12.2 Å². The van der Waals surface area contributed by atoms with Crippen molar-refractivity contribution in [2.75, 3.05) is 26.2 Å². The molecule has 4 aliphatic rings. The first-order chi connectivity index (χ1) is 21.6. The maximum Gasteiger partial charge on any atom is 0.410 e. The highest BCUT2D eigenvalue weighted by atomic mass is 16.6. The van der Waals surface area contributed by atoms with Gasteiger partial charge < -0.3 is 21.1 Å². The first-order valence-electron chi connectivity index (χ1n) is 19.7. The molecule has 4 N–H and O–H groups in total. The minimum atomic E-state index is -0.0801. The van der Waals surface area contributed by atoms with Crippen molar-refractivity contribution in [1.82, 2.24) is 4.90 Å². The third-order valence-corrected chi connectivity index (χ3v) is 13.5. The summed E-state index contributed by atoms with van der Waals surface area (Å²) in [5.41, 5.74) is 13.8. The summed E-state index contributed by atoms with van der Waals surface area (Å²) in [6.07, 6.45) is 25.7. The highest BCUT2D eigenvalue weighted by Gasteiger charge is 2.59. The Balaban J connectivity index is 1.34. The van der Waals surface area contributed by atoms with Crippen LogP contribution in [-0.2, 0) is 4.74 Å². The fraction of sp³-hybridized carbons (Fsp3) is 0.925. The quantitative estimate of drug-likeness (QED) is 0.117. The summed E-state index contributed by atoms with van der Waals surface area (Å²) >= 11 is 0. The topological polar surface area (TPSA) is 81.6 Å². The Morgan fingerprint density at radius 3 is 2.16 bits per heavy atom. The highest BCUT2D eigenvalue weighted by Crippen LogP contribution is 2.67. The number of nitrogens with zero attached hydrogens (tertiary/aromatic N) is 1. The van der Waals surface area contributed by atoms with Crippen LogP contribution >= 0.6 is 0 Å². The summed E-state index contributed by atoms with van der Waals surface area (Å²) < 4.78 is 6.32. The van der Waals surface area contributed by atoms with Gasteiger partial charge in [0.1, 0.15) is 6.10 Å². The van der Waals surface area contributed by atoms with Crippen LogP contribution in [0.3, 0.4) is 0 Å². The van der Waals surface area contributed by atoms with Crippen molar-refractivity contribution in [1.29, 1.82) is 0 Å². The molecule has 0 radical (unpaired) electrons. The van der Waals surface area contributed by atoms with E-state index in [0.29, 0.717) is 10.8 Å². The molecule has 1 amide bonds. The molecule has 4 aliphatic carbocycles. The molecule has 5 heteroatoms. The molecule has 8 unspecified atom stereocenters. The van der Waals surface area contributed by atoms with E-state index in [1.165, 1.54) is 57.8 Å². The van der Waals surface area contributed by atoms with Crippen LogP contribution in [0.5, 0.6) is 0 Å². The van der Waals surface area contributed by atoms with Crippen LogP contribution in [0.25, 0.3) is 0 Å². The van der Waals surface area contributed by atoms with E-state index in [0.717, 1.165) is 126 Å². The van der Waals surface area contributed by atoms with Gasteiger partial charge in [-0.1, -0.05) is 91.2 Å². The van der Waals surface area contributed by atoms with Crippen molar-refractivity contribution >= 4 is 6.09 Å². The Morgan fingerprint density at radius 2 is 1.51 bits per heavy atom. The van der Waals surface area contributed by atoms with Crippen LogP contribution < -0.4 is 11.5 Å². The van der Waals surface area contributed by atoms with Crippen LogP contribution in [0.2, 0.25) is 0 Å². The third-order valence-electron chi connectivity index (χ3n) is 13.5. The first-order valence-corrected chi connectivity index (χ1v) is 19.7. The number of fused-ring (bicyclic) bond motifs is 5. The zero-order valence-corrected chi connectivity index (χ0v) is 30.3. The van der Waals surface area contributed by atoms with E-state index >= 15 is 0 Å². The van der Waals surface area contributed by atoms with E-state index in [1.54, 1.807) is 5.57 Å². The molecule has 0 aromatic rings. The lowest BCUT2D eigenvalue weighted by atomic mass is 9.47. The standard InChI is InChI=1S/C40H73N3O2/c1-30(2)15-14-16-31(3)35-19-20-36-34-18-17-32-29-33(21-23-39(32,4)37(34)22-24-40(35,36)5)45-38(44)43(27-12-8-6-10-25-41)28-13-9-7-11-26-42/h17,30-31,33-37H,6-16,18-29,41-42H2,1-5H3. The first kappa shape index (κ1) is 36.8. The smallest absolute Gasteiger partial charge is 0.410 e. The molecule has 0 spiro atoms. The van der Waals surface area contributed by atoms with Crippen LogP contribution in [0.1, 0.15) is 157 Å².